The van der Waals surface area contributed by atoms with Gasteiger partial charge in [-0.25, -0.2) is 0 Å². The maximum atomic E-state index is 9.31. The van der Waals surface area contributed by atoms with Crippen molar-refractivity contribution in [3.63, 3.8) is 0 Å². The van der Waals surface area contributed by atoms with Crippen molar-refractivity contribution >= 4 is 15.9 Å². The molecule has 0 radical (unpaired) electrons. The van der Waals surface area contributed by atoms with Crippen molar-refractivity contribution in [2.24, 2.45) is 7.05 Å². The first kappa shape index (κ1) is 18.4. The molecule has 0 unspecified atom stereocenters. The van der Waals surface area contributed by atoms with Crippen molar-refractivity contribution < 1.29 is 0 Å². The molecule has 26 heavy (non-hydrogen) atoms. The van der Waals surface area contributed by atoms with Crippen LogP contribution in [0.25, 0.3) is 11.1 Å². The Bertz CT molecular complexity index is 933. The molecule has 4 heteroatoms. The van der Waals surface area contributed by atoms with E-state index in [2.05, 4.69) is 53.2 Å². The van der Waals surface area contributed by atoms with Crippen molar-refractivity contribution in [1.29, 1.82) is 5.26 Å². The molecule has 2 aromatic carbocycles. The molecule has 3 aromatic rings. The average molecular weight is 408 g/mol. The summed E-state index contributed by atoms with van der Waals surface area (Å²) in [5, 5.41) is 14.8. The molecule has 0 bridgehead atoms. The van der Waals surface area contributed by atoms with Crippen LogP contribution in [-0.4, -0.2) is 9.78 Å². The summed E-state index contributed by atoms with van der Waals surface area (Å²) in [7, 11) is 2.02. The van der Waals surface area contributed by atoms with Crippen LogP contribution in [0.4, 0.5) is 0 Å². The lowest BCUT2D eigenvalue weighted by molar-refractivity contribution is 0.712. The van der Waals surface area contributed by atoms with Gasteiger partial charge in [-0.05, 0) is 29.2 Å². The second-order valence-corrected chi connectivity index (χ2v) is 6.97. The van der Waals surface area contributed by atoms with E-state index < -0.39 is 0 Å². The number of hydrogen-bond donors (Lipinski definition) is 0. The highest BCUT2D eigenvalue weighted by atomic mass is 79.9. The van der Waals surface area contributed by atoms with Crippen molar-refractivity contribution in [2.45, 2.75) is 31.5 Å². The monoisotopic (exact) mass is 407 g/mol. The molecule has 0 N–H and O–H groups in total. The number of halogens is 1. The zero-order chi connectivity index (χ0) is 18.5. The average Bonchev–Trinajstić information content (AvgIpc) is 2.97. The SMILES string of the molecule is CCCc1nn(C)c(CBr)c1Cc1ccc(-c2ccccc2C#N)cc1. The summed E-state index contributed by atoms with van der Waals surface area (Å²) in [6.45, 7) is 2.19. The normalized spacial score (nSPS) is 10.7. The van der Waals surface area contributed by atoms with Gasteiger partial charge >= 0.3 is 0 Å². The van der Waals surface area contributed by atoms with Crippen LogP contribution >= 0.6 is 15.9 Å². The summed E-state index contributed by atoms with van der Waals surface area (Å²) in [5.74, 6) is 0. The Labute approximate surface area is 163 Å². The molecule has 1 aromatic heterocycles. The lowest BCUT2D eigenvalue weighted by Crippen LogP contribution is -1.98. The predicted molar refractivity (Wildman–Crippen MR) is 109 cm³/mol. The van der Waals surface area contributed by atoms with Gasteiger partial charge in [-0.2, -0.15) is 10.4 Å². The second kappa shape index (κ2) is 8.33. The third-order valence-corrected chi connectivity index (χ3v) is 5.20. The van der Waals surface area contributed by atoms with E-state index >= 15 is 0 Å². The molecule has 0 aliphatic rings. The predicted octanol–water partition coefficient (Wildman–Crippen LogP) is 5.40. The number of rotatable bonds is 6. The highest BCUT2D eigenvalue weighted by molar-refractivity contribution is 9.08. The fourth-order valence-corrected chi connectivity index (χ4v) is 4.01. The first-order chi connectivity index (χ1) is 12.7. The third kappa shape index (κ3) is 3.73. The van der Waals surface area contributed by atoms with Crippen LogP contribution in [0.5, 0.6) is 0 Å². The summed E-state index contributed by atoms with van der Waals surface area (Å²) in [5.41, 5.74) is 7.80. The minimum atomic E-state index is 0.708. The molecule has 3 nitrogen and oxygen atoms in total. The molecule has 1 heterocycles. The molecule has 132 valence electrons. The summed E-state index contributed by atoms with van der Waals surface area (Å²) in [6, 6.07) is 18.5. The van der Waals surface area contributed by atoms with Crippen molar-refractivity contribution in [1.82, 2.24) is 9.78 Å². The Hall–Kier alpha value is -2.38. The second-order valence-electron chi connectivity index (χ2n) is 6.41. The van der Waals surface area contributed by atoms with Gasteiger partial charge in [0.2, 0.25) is 0 Å². The van der Waals surface area contributed by atoms with Crippen LogP contribution in [0.2, 0.25) is 0 Å². The van der Waals surface area contributed by atoms with E-state index in [1.54, 1.807) is 0 Å². The van der Waals surface area contributed by atoms with Crippen LogP contribution in [0.15, 0.2) is 48.5 Å². The topological polar surface area (TPSA) is 41.6 Å². The minimum absolute atomic E-state index is 0.708. The van der Waals surface area contributed by atoms with E-state index in [0.29, 0.717) is 5.56 Å². The van der Waals surface area contributed by atoms with Gasteiger partial charge in [0.25, 0.3) is 0 Å². The highest BCUT2D eigenvalue weighted by Crippen LogP contribution is 2.26. The number of aromatic nitrogens is 2. The molecule has 0 fully saturated rings. The molecule has 0 aliphatic heterocycles. The van der Waals surface area contributed by atoms with E-state index in [4.69, 9.17) is 5.10 Å². The molecule has 0 spiro atoms. The lowest BCUT2D eigenvalue weighted by atomic mass is 9.96. The van der Waals surface area contributed by atoms with E-state index in [-0.39, 0.29) is 0 Å². The molecule has 0 saturated carbocycles. The smallest absolute Gasteiger partial charge is 0.0998 e. The molecule has 3 rings (SSSR count). The Kier molecular flexibility index (Phi) is 5.90. The van der Waals surface area contributed by atoms with Crippen molar-refractivity contribution in [3.8, 4) is 17.2 Å². The van der Waals surface area contributed by atoms with Gasteiger partial charge in [-0.3, -0.25) is 4.68 Å². The summed E-state index contributed by atoms with van der Waals surface area (Å²) < 4.78 is 1.99. The van der Waals surface area contributed by atoms with E-state index in [0.717, 1.165) is 35.7 Å². The van der Waals surface area contributed by atoms with Crippen molar-refractivity contribution in [3.05, 3.63) is 76.6 Å². The van der Waals surface area contributed by atoms with E-state index in [1.165, 1.54) is 22.5 Å². The Morgan fingerprint density at radius 3 is 2.50 bits per heavy atom. The highest BCUT2D eigenvalue weighted by Gasteiger charge is 2.15. The number of aryl methyl sites for hydroxylation is 2. The summed E-state index contributed by atoms with van der Waals surface area (Å²) in [4.78, 5) is 0. The van der Waals surface area contributed by atoms with Gasteiger partial charge in [-0.15, -0.1) is 0 Å². The van der Waals surface area contributed by atoms with Gasteiger partial charge in [0.1, 0.15) is 0 Å². The first-order valence-electron chi connectivity index (χ1n) is 8.86. The van der Waals surface area contributed by atoms with Gasteiger partial charge in [0, 0.05) is 24.4 Å². The van der Waals surface area contributed by atoms with E-state index in [1.807, 2.05) is 36.0 Å². The zero-order valence-electron chi connectivity index (χ0n) is 15.2. The van der Waals surface area contributed by atoms with Crippen LogP contribution in [0.3, 0.4) is 0 Å². The van der Waals surface area contributed by atoms with Crippen LogP contribution in [-0.2, 0) is 25.2 Å². The molecular formula is C22H22BrN3. The van der Waals surface area contributed by atoms with Gasteiger partial charge in [0.05, 0.1) is 23.0 Å². The van der Waals surface area contributed by atoms with E-state index in [9.17, 15) is 5.26 Å². The molecule has 0 amide bonds. The molecular weight excluding hydrogens is 386 g/mol. The molecule has 0 atom stereocenters. The number of nitriles is 1. The fourth-order valence-electron chi connectivity index (χ4n) is 3.31. The zero-order valence-corrected chi connectivity index (χ0v) is 16.8. The fraction of sp³-hybridized carbons (Fsp3) is 0.273. The van der Waals surface area contributed by atoms with Gasteiger partial charge < -0.3 is 0 Å². The van der Waals surface area contributed by atoms with Crippen molar-refractivity contribution in [2.75, 3.05) is 0 Å². The number of alkyl halides is 1. The number of hydrogen-bond acceptors (Lipinski definition) is 2. The van der Waals surface area contributed by atoms with Crippen LogP contribution < -0.4 is 0 Å². The maximum absolute atomic E-state index is 9.31. The molecule has 0 saturated heterocycles. The number of benzene rings is 2. The van der Waals surface area contributed by atoms with Gasteiger partial charge in [0.15, 0.2) is 0 Å². The number of nitrogens with zero attached hydrogens (tertiary/aromatic N) is 3. The first-order valence-corrected chi connectivity index (χ1v) is 9.98. The Morgan fingerprint density at radius 1 is 1.12 bits per heavy atom. The quantitative estimate of drug-likeness (QED) is 0.513. The minimum Gasteiger partial charge on any atom is -0.271 e. The molecule has 0 aliphatic carbocycles. The van der Waals surface area contributed by atoms with Crippen LogP contribution in [0.1, 0.15) is 41.4 Å². The Balaban J connectivity index is 1.90. The Morgan fingerprint density at radius 2 is 1.85 bits per heavy atom. The summed E-state index contributed by atoms with van der Waals surface area (Å²) in [6.07, 6.45) is 2.98. The maximum Gasteiger partial charge on any atom is 0.0998 e. The summed E-state index contributed by atoms with van der Waals surface area (Å²) >= 11 is 3.60. The standard InChI is InChI=1S/C22H22BrN3/c1-3-6-21-20(22(14-23)26(2)25-21)13-16-9-11-17(12-10-16)19-8-5-4-7-18(19)15-24/h4-5,7-12H,3,6,13-14H2,1-2H3. The van der Waals surface area contributed by atoms with Crippen LogP contribution in [0, 0.1) is 11.3 Å². The lowest BCUT2D eigenvalue weighted by Gasteiger charge is -2.08. The third-order valence-electron chi connectivity index (χ3n) is 4.66. The van der Waals surface area contributed by atoms with Gasteiger partial charge in [-0.1, -0.05) is 71.7 Å². The largest absolute Gasteiger partial charge is 0.271 e.